The summed E-state index contributed by atoms with van der Waals surface area (Å²) >= 11 is 1.66. The summed E-state index contributed by atoms with van der Waals surface area (Å²) in [6.45, 7) is 2.01. The molecule has 106 valence electrons. The molecule has 3 rings (SSSR count). The molecule has 2 unspecified atom stereocenters. The van der Waals surface area contributed by atoms with Crippen LogP contribution < -0.4 is 0 Å². The van der Waals surface area contributed by atoms with E-state index in [1.165, 1.54) is 30.4 Å². The van der Waals surface area contributed by atoms with Crippen LogP contribution in [-0.4, -0.2) is 16.2 Å². The normalized spacial score (nSPS) is 19.6. The summed E-state index contributed by atoms with van der Waals surface area (Å²) in [7, 11) is 0. The highest BCUT2D eigenvalue weighted by molar-refractivity contribution is 7.09. The molecule has 1 aromatic heterocycles. The summed E-state index contributed by atoms with van der Waals surface area (Å²) in [5.41, 5.74) is 3.96. The third-order valence-corrected chi connectivity index (χ3v) is 4.98. The van der Waals surface area contributed by atoms with E-state index in [2.05, 4.69) is 34.6 Å². The average Bonchev–Trinajstić information content (AvgIpc) is 2.84. The predicted molar refractivity (Wildman–Crippen MR) is 83.3 cm³/mol. The Bertz CT molecular complexity index is 578. The maximum absolute atomic E-state index is 10.4. The summed E-state index contributed by atoms with van der Waals surface area (Å²) in [6.07, 6.45) is 4.88. The van der Waals surface area contributed by atoms with Crippen molar-refractivity contribution in [1.82, 2.24) is 4.98 Å². The summed E-state index contributed by atoms with van der Waals surface area (Å²) < 4.78 is 0. The standard InChI is InChI=1S/C17H21NOS/c1-12-18-15(11-20-12)10-16(19)9-14-7-4-6-13-5-2-3-8-17(13)14/h2-3,5,8,11,14,16,19H,4,6-7,9-10H2,1H3. The van der Waals surface area contributed by atoms with Gasteiger partial charge < -0.3 is 5.11 Å². The van der Waals surface area contributed by atoms with E-state index in [-0.39, 0.29) is 6.10 Å². The minimum absolute atomic E-state index is 0.285. The van der Waals surface area contributed by atoms with Gasteiger partial charge >= 0.3 is 0 Å². The number of hydrogen-bond donors (Lipinski definition) is 1. The minimum atomic E-state index is -0.285. The molecule has 0 bridgehead atoms. The molecule has 3 heteroatoms. The number of hydrogen-bond acceptors (Lipinski definition) is 3. The van der Waals surface area contributed by atoms with Gasteiger partial charge in [0.1, 0.15) is 0 Å². The van der Waals surface area contributed by atoms with Gasteiger partial charge in [0, 0.05) is 11.8 Å². The molecule has 0 amide bonds. The van der Waals surface area contributed by atoms with Crippen LogP contribution in [0.4, 0.5) is 0 Å². The van der Waals surface area contributed by atoms with Crippen LogP contribution in [0.1, 0.15) is 47.0 Å². The van der Waals surface area contributed by atoms with E-state index in [0.717, 1.165) is 17.1 Å². The fourth-order valence-electron chi connectivity index (χ4n) is 3.25. The Kier molecular flexibility index (Phi) is 4.18. The van der Waals surface area contributed by atoms with E-state index in [9.17, 15) is 5.11 Å². The Morgan fingerprint density at radius 3 is 3.05 bits per heavy atom. The third kappa shape index (κ3) is 3.10. The predicted octanol–water partition coefficient (Wildman–Crippen LogP) is 3.87. The zero-order chi connectivity index (χ0) is 13.9. The molecule has 0 saturated carbocycles. The van der Waals surface area contributed by atoms with Crippen molar-refractivity contribution in [2.24, 2.45) is 0 Å². The molecule has 1 heterocycles. The van der Waals surface area contributed by atoms with Crippen LogP contribution in [0.15, 0.2) is 29.6 Å². The van der Waals surface area contributed by atoms with Gasteiger partial charge in [-0.3, -0.25) is 0 Å². The van der Waals surface area contributed by atoms with Gasteiger partial charge in [0.25, 0.3) is 0 Å². The molecule has 0 radical (unpaired) electrons. The van der Waals surface area contributed by atoms with Gasteiger partial charge in [0.05, 0.1) is 16.8 Å². The smallest absolute Gasteiger partial charge is 0.0897 e. The highest BCUT2D eigenvalue weighted by Gasteiger charge is 2.22. The Hall–Kier alpha value is -1.19. The van der Waals surface area contributed by atoms with Crippen LogP contribution in [0.3, 0.4) is 0 Å². The summed E-state index contributed by atoms with van der Waals surface area (Å²) in [5.74, 6) is 0.509. The number of fused-ring (bicyclic) bond motifs is 1. The quantitative estimate of drug-likeness (QED) is 0.926. The fraction of sp³-hybridized carbons (Fsp3) is 0.471. The van der Waals surface area contributed by atoms with Crippen LogP contribution in [0.5, 0.6) is 0 Å². The molecule has 1 N–H and O–H groups in total. The van der Waals surface area contributed by atoms with E-state index in [1.54, 1.807) is 11.3 Å². The maximum Gasteiger partial charge on any atom is 0.0897 e. The van der Waals surface area contributed by atoms with E-state index in [4.69, 9.17) is 0 Å². The lowest BCUT2D eigenvalue weighted by molar-refractivity contribution is 0.151. The minimum Gasteiger partial charge on any atom is -0.393 e. The van der Waals surface area contributed by atoms with Gasteiger partial charge in [-0.25, -0.2) is 4.98 Å². The second-order valence-electron chi connectivity index (χ2n) is 5.74. The van der Waals surface area contributed by atoms with E-state index in [1.807, 2.05) is 6.92 Å². The van der Waals surface area contributed by atoms with Crippen molar-refractivity contribution in [3.05, 3.63) is 51.5 Å². The van der Waals surface area contributed by atoms with Gasteiger partial charge in [-0.05, 0) is 49.7 Å². The van der Waals surface area contributed by atoms with Crippen molar-refractivity contribution < 1.29 is 5.11 Å². The number of thiazole rings is 1. The average molecular weight is 287 g/mol. The van der Waals surface area contributed by atoms with Gasteiger partial charge in [-0.15, -0.1) is 11.3 Å². The lowest BCUT2D eigenvalue weighted by atomic mass is 9.79. The van der Waals surface area contributed by atoms with Gasteiger partial charge in [-0.2, -0.15) is 0 Å². The topological polar surface area (TPSA) is 33.1 Å². The number of aryl methyl sites for hydroxylation is 2. The van der Waals surface area contributed by atoms with Crippen LogP contribution in [0.25, 0.3) is 0 Å². The second-order valence-corrected chi connectivity index (χ2v) is 6.80. The largest absolute Gasteiger partial charge is 0.393 e. The van der Waals surface area contributed by atoms with Gasteiger partial charge in [0.15, 0.2) is 0 Å². The molecule has 2 atom stereocenters. The van der Waals surface area contributed by atoms with E-state index >= 15 is 0 Å². The molecular weight excluding hydrogens is 266 g/mol. The molecule has 1 aliphatic carbocycles. The number of aliphatic hydroxyl groups excluding tert-OH is 1. The molecular formula is C17H21NOS. The van der Waals surface area contributed by atoms with Crippen LogP contribution in [0.2, 0.25) is 0 Å². The summed E-state index contributed by atoms with van der Waals surface area (Å²) in [6, 6.07) is 8.71. The molecule has 20 heavy (non-hydrogen) atoms. The fourth-order valence-corrected chi connectivity index (χ4v) is 3.88. The van der Waals surface area contributed by atoms with Crippen LogP contribution in [-0.2, 0) is 12.8 Å². The zero-order valence-corrected chi connectivity index (χ0v) is 12.7. The number of benzene rings is 1. The molecule has 1 aromatic carbocycles. The first-order valence-electron chi connectivity index (χ1n) is 7.39. The van der Waals surface area contributed by atoms with Crippen molar-refractivity contribution in [3.8, 4) is 0 Å². The van der Waals surface area contributed by atoms with E-state index < -0.39 is 0 Å². The Labute approximate surface area is 124 Å². The maximum atomic E-state index is 10.4. The van der Waals surface area contributed by atoms with Crippen molar-refractivity contribution in [1.29, 1.82) is 0 Å². The second kappa shape index (κ2) is 6.06. The highest BCUT2D eigenvalue weighted by atomic mass is 32.1. The van der Waals surface area contributed by atoms with Gasteiger partial charge in [0.2, 0.25) is 0 Å². The summed E-state index contributed by atoms with van der Waals surface area (Å²) in [4.78, 5) is 4.45. The molecule has 1 aliphatic rings. The zero-order valence-electron chi connectivity index (χ0n) is 11.9. The van der Waals surface area contributed by atoms with Crippen molar-refractivity contribution in [2.75, 3.05) is 0 Å². The molecule has 2 aromatic rings. The highest BCUT2D eigenvalue weighted by Crippen LogP contribution is 2.35. The van der Waals surface area contributed by atoms with Crippen molar-refractivity contribution >= 4 is 11.3 Å². The lowest BCUT2D eigenvalue weighted by Crippen LogP contribution is -2.18. The number of aromatic nitrogens is 1. The first-order valence-corrected chi connectivity index (χ1v) is 8.27. The molecule has 0 fully saturated rings. The number of aliphatic hydroxyl groups is 1. The molecule has 2 nitrogen and oxygen atoms in total. The van der Waals surface area contributed by atoms with Gasteiger partial charge in [-0.1, -0.05) is 24.3 Å². The third-order valence-electron chi connectivity index (χ3n) is 4.16. The summed E-state index contributed by atoms with van der Waals surface area (Å²) in [5, 5.41) is 13.5. The monoisotopic (exact) mass is 287 g/mol. The van der Waals surface area contributed by atoms with Crippen LogP contribution >= 0.6 is 11.3 Å². The number of nitrogens with zero attached hydrogens (tertiary/aromatic N) is 1. The Balaban J connectivity index is 1.66. The first kappa shape index (κ1) is 13.8. The first-order chi connectivity index (χ1) is 9.72. The molecule has 0 saturated heterocycles. The van der Waals surface area contributed by atoms with Crippen molar-refractivity contribution in [2.45, 2.75) is 51.0 Å². The lowest BCUT2D eigenvalue weighted by Gasteiger charge is -2.27. The Morgan fingerprint density at radius 2 is 2.25 bits per heavy atom. The molecule has 0 spiro atoms. The van der Waals surface area contributed by atoms with Crippen LogP contribution in [0, 0.1) is 6.92 Å². The van der Waals surface area contributed by atoms with Crippen molar-refractivity contribution in [3.63, 3.8) is 0 Å². The SMILES string of the molecule is Cc1nc(CC(O)CC2CCCc3ccccc32)cs1. The Morgan fingerprint density at radius 1 is 1.40 bits per heavy atom. The molecule has 0 aliphatic heterocycles. The van der Waals surface area contributed by atoms with E-state index in [0.29, 0.717) is 12.3 Å². The number of rotatable bonds is 4.